The molecule has 112 valence electrons. The van der Waals surface area contributed by atoms with Crippen molar-refractivity contribution in [1.82, 2.24) is 10.2 Å². The van der Waals surface area contributed by atoms with Crippen molar-refractivity contribution in [3.63, 3.8) is 0 Å². The van der Waals surface area contributed by atoms with Gasteiger partial charge in [0.05, 0.1) is 0 Å². The number of rotatable bonds is 5. The molecule has 0 spiro atoms. The fourth-order valence-electron chi connectivity index (χ4n) is 3.91. The summed E-state index contributed by atoms with van der Waals surface area (Å²) >= 11 is 0. The maximum Gasteiger partial charge on any atom is 0.0195 e. The van der Waals surface area contributed by atoms with Crippen LogP contribution in [-0.4, -0.2) is 36.6 Å². The van der Waals surface area contributed by atoms with Crippen molar-refractivity contribution in [2.45, 2.75) is 83.7 Å². The van der Waals surface area contributed by atoms with Gasteiger partial charge in [-0.15, -0.1) is 0 Å². The average molecular weight is 266 g/mol. The van der Waals surface area contributed by atoms with Crippen molar-refractivity contribution in [2.24, 2.45) is 5.92 Å². The van der Waals surface area contributed by atoms with Crippen LogP contribution in [-0.2, 0) is 0 Å². The zero-order valence-corrected chi connectivity index (χ0v) is 13.2. The molecule has 19 heavy (non-hydrogen) atoms. The Labute approximate surface area is 120 Å². The molecule has 2 rings (SSSR count). The lowest BCUT2D eigenvalue weighted by molar-refractivity contribution is 0.151. The normalized spacial score (nSPS) is 33.3. The Hall–Kier alpha value is -0.0800. The summed E-state index contributed by atoms with van der Waals surface area (Å²) < 4.78 is 0. The second-order valence-corrected chi connectivity index (χ2v) is 6.91. The third-order valence-corrected chi connectivity index (χ3v) is 5.12. The van der Waals surface area contributed by atoms with Crippen LogP contribution in [0.5, 0.6) is 0 Å². The second-order valence-electron chi connectivity index (χ2n) is 6.91. The molecule has 1 aliphatic carbocycles. The Morgan fingerprint density at radius 1 is 1.00 bits per heavy atom. The molecule has 1 saturated carbocycles. The molecule has 0 aromatic heterocycles. The maximum atomic E-state index is 3.73. The lowest BCUT2D eigenvalue weighted by Crippen LogP contribution is -2.47. The number of nitrogens with one attached hydrogen (secondary N) is 1. The van der Waals surface area contributed by atoms with E-state index in [1.165, 1.54) is 77.4 Å². The lowest BCUT2D eigenvalue weighted by atomic mass is 10.0. The molecule has 2 heteroatoms. The summed E-state index contributed by atoms with van der Waals surface area (Å²) in [6.07, 6.45) is 12.7. The van der Waals surface area contributed by atoms with Crippen LogP contribution in [0.4, 0.5) is 0 Å². The summed E-state index contributed by atoms with van der Waals surface area (Å²) in [5.41, 5.74) is 0. The summed E-state index contributed by atoms with van der Waals surface area (Å²) in [6.45, 7) is 8.62. The minimum Gasteiger partial charge on any atom is -0.313 e. The fourth-order valence-corrected chi connectivity index (χ4v) is 3.91. The van der Waals surface area contributed by atoms with Crippen molar-refractivity contribution in [3.05, 3.63) is 0 Å². The first-order valence-corrected chi connectivity index (χ1v) is 8.77. The fraction of sp³-hybridized carbons (Fsp3) is 1.00. The van der Waals surface area contributed by atoms with Crippen LogP contribution in [0.15, 0.2) is 0 Å². The van der Waals surface area contributed by atoms with Crippen molar-refractivity contribution in [2.75, 3.05) is 19.6 Å². The van der Waals surface area contributed by atoms with Crippen LogP contribution >= 0.6 is 0 Å². The Balaban J connectivity index is 1.86. The number of hydrogen-bond acceptors (Lipinski definition) is 2. The first-order valence-electron chi connectivity index (χ1n) is 8.77. The molecule has 0 amide bonds. The molecule has 2 aliphatic rings. The number of hydrogen-bond donors (Lipinski definition) is 1. The van der Waals surface area contributed by atoms with Gasteiger partial charge in [-0.2, -0.15) is 0 Å². The van der Waals surface area contributed by atoms with Crippen LogP contribution in [0.25, 0.3) is 0 Å². The molecule has 3 atom stereocenters. The van der Waals surface area contributed by atoms with E-state index in [-0.39, 0.29) is 0 Å². The standard InChI is InChI=1S/C17H34N2/c1-3-13-19(14-16-8-4-5-12-18-16)17-9-6-7-15(2)10-11-17/h15-18H,3-14H2,1-2H3. The van der Waals surface area contributed by atoms with Crippen molar-refractivity contribution < 1.29 is 0 Å². The SMILES string of the molecule is CCCN(CC1CCCCN1)C1CCCC(C)CC1. The predicted molar refractivity (Wildman–Crippen MR) is 83.5 cm³/mol. The largest absolute Gasteiger partial charge is 0.313 e. The van der Waals surface area contributed by atoms with Crippen LogP contribution in [0.3, 0.4) is 0 Å². The number of nitrogens with zero attached hydrogens (tertiary/aromatic N) is 1. The minimum absolute atomic E-state index is 0.765. The van der Waals surface area contributed by atoms with Gasteiger partial charge in [-0.05, 0) is 57.5 Å². The summed E-state index contributed by atoms with van der Waals surface area (Å²) in [4.78, 5) is 2.82. The highest BCUT2D eigenvalue weighted by Crippen LogP contribution is 2.26. The summed E-state index contributed by atoms with van der Waals surface area (Å²) in [5, 5.41) is 3.73. The van der Waals surface area contributed by atoms with Crippen molar-refractivity contribution in [3.8, 4) is 0 Å². The van der Waals surface area contributed by atoms with E-state index >= 15 is 0 Å². The van der Waals surface area contributed by atoms with E-state index in [0.29, 0.717) is 0 Å². The summed E-state index contributed by atoms with van der Waals surface area (Å²) in [5.74, 6) is 0.960. The Morgan fingerprint density at radius 2 is 1.89 bits per heavy atom. The molecule has 1 heterocycles. The molecule has 3 unspecified atom stereocenters. The van der Waals surface area contributed by atoms with E-state index in [0.717, 1.165) is 18.0 Å². The highest BCUT2D eigenvalue weighted by atomic mass is 15.2. The van der Waals surface area contributed by atoms with Crippen molar-refractivity contribution >= 4 is 0 Å². The summed E-state index contributed by atoms with van der Waals surface area (Å²) in [6, 6.07) is 1.63. The molecule has 0 radical (unpaired) electrons. The quantitative estimate of drug-likeness (QED) is 0.761. The third kappa shape index (κ3) is 5.07. The Bertz CT molecular complexity index is 235. The monoisotopic (exact) mass is 266 g/mol. The van der Waals surface area contributed by atoms with Gasteiger partial charge in [-0.25, -0.2) is 0 Å². The molecular weight excluding hydrogens is 232 g/mol. The van der Waals surface area contributed by atoms with E-state index in [9.17, 15) is 0 Å². The second kappa shape index (κ2) is 8.26. The van der Waals surface area contributed by atoms with E-state index in [2.05, 4.69) is 24.1 Å². The predicted octanol–water partition coefficient (Wildman–Crippen LogP) is 3.81. The van der Waals surface area contributed by atoms with Gasteiger partial charge in [-0.3, -0.25) is 4.90 Å². The zero-order chi connectivity index (χ0) is 13.5. The first kappa shape index (κ1) is 15.3. The maximum absolute atomic E-state index is 3.73. The highest BCUT2D eigenvalue weighted by Gasteiger charge is 2.24. The molecule has 2 nitrogen and oxygen atoms in total. The molecule has 0 aromatic carbocycles. The van der Waals surface area contributed by atoms with Gasteiger partial charge in [0.1, 0.15) is 0 Å². The molecular formula is C17H34N2. The highest BCUT2D eigenvalue weighted by molar-refractivity contribution is 4.82. The van der Waals surface area contributed by atoms with E-state index in [1.54, 1.807) is 0 Å². The average Bonchev–Trinajstić information content (AvgIpc) is 2.64. The molecule has 2 fully saturated rings. The molecule has 0 aromatic rings. The molecule has 1 saturated heterocycles. The number of piperidine rings is 1. The molecule has 1 N–H and O–H groups in total. The summed E-state index contributed by atoms with van der Waals surface area (Å²) in [7, 11) is 0. The first-order chi connectivity index (χ1) is 9.29. The van der Waals surface area contributed by atoms with Crippen LogP contribution in [0, 0.1) is 5.92 Å². The van der Waals surface area contributed by atoms with E-state index in [4.69, 9.17) is 0 Å². The van der Waals surface area contributed by atoms with Crippen LogP contribution < -0.4 is 5.32 Å². The van der Waals surface area contributed by atoms with Gasteiger partial charge in [0, 0.05) is 18.6 Å². The topological polar surface area (TPSA) is 15.3 Å². The third-order valence-electron chi connectivity index (χ3n) is 5.12. The van der Waals surface area contributed by atoms with Gasteiger partial charge < -0.3 is 5.32 Å². The van der Waals surface area contributed by atoms with Gasteiger partial charge >= 0.3 is 0 Å². The molecule has 1 aliphatic heterocycles. The van der Waals surface area contributed by atoms with Crippen molar-refractivity contribution in [1.29, 1.82) is 0 Å². The van der Waals surface area contributed by atoms with E-state index < -0.39 is 0 Å². The van der Waals surface area contributed by atoms with Gasteiger partial charge in [-0.1, -0.05) is 33.1 Å². The van der Waals surface area contributed by atoms with Crippen LogP contribution in [0.2, 0.25) is 0 Å². The zero-order valence-electron chi connectivity index (χ0n) is 13.2. The minimum atomic E-state index is 0.765. The van der Waals surface area contributed by atoms with Gasteiger partial charge in [0.15, 0.2) is 0 Å². The Morgan fingerprint density at radius 3 is 2.63 bits per heavy atom. The lowest BCUT2D eigenvalue weighted by Gasteiger charge is -2.35. The van der Waals surface area contributed by atoms with E-state index in [1.807, 2.05) is 0 Å². The molecule has 0 bridgehead atoms. The van der Waals surface area contributed by atoms with Gasteiger partial charge in [0.25, 0.3) is 0 Å². The Kier molecular flexibility index (Phi) is 6.66. The van der Waals surface area contributed by atoms with Crippen LogP contribution in [0.1, 0.15) is 71.6 Å². The smallest absolute Gasteiger partial charge is 0.0195 e. The van der Waals surface area contributed by atoms with Gasteiger partial charge in [0.2, 0.25) is 0 Å².